The Balaban J connectivity index is 2.43. The van der Waals surface area contributed by atoms with Crippen LogP contribution in [0.5, 0.6) is 0 Å². The highest BCUT2D eigenvalue weighted by molar-refractivity contribution is 6.28. The Hall–Kier alpha value is -0.820. The van der Waals surface area contributed by atoms with Gasteiger partial charge in [-0.15, -0.1) is 10.2 Å². The molecular formula is C9H13ClF3N3O. The molecule has 0 aliphatic carbocycles. The molecule has 8 heteroatoms. The second kappa shape index (κ2) is 6.20. The summed E-state index contributed by atoms with van der Waals surface area (Å²) in [5.41, 5.74) is 0. The highest BCUT2D eigenvalue weighted by Gasteiger charge is 2.27. The highest BCUT2D eigenvalue weighted by Crippen LogP contribution is 2.15. The fourth-order valence-electron chi connectivity index (χ4n) is 1.29. The first-order chi connectivity index (χ1) is 7.94. The van der Waals surface area contributed by atoms with Gasteiger partial charge in [0.05, 0.1) is 13.2 Å². The number of ether oxygens (including phenoxy) is 1. The predicted molar refractivity (Wildman–Crippen MR) is 55.9 cm³/mol. The Morgan fingerprint density at radius 2 is 2.06 bits per heavy atom. The van der Waals surface area contributed by atoms with Crippen molar-refractivity contribution in [3.05, 3.63) is 11.1 Å². The summed E-state index contributed by atoms with van der Waals surface area (Å²) < 4.78 is 41.5. The summed E-state index contributed by atoms with van der Waals surface area (Å²) in [5.74, 6) is 0.660. The van der Waals surface area contributed by atoms with Crippen molar-refractivity contribution in [3.63, 3.8) is 0 Å². The Bertz CT molecular complexity index is 354. The molecule has 0 radical (unpaired) electrons. The van der Waals surface area contributed by atoms with E-state index in [1.165, 1.54) is 0 Å². The van der Waals surface area contributed by atoms with Crippen LogP contribution in [0.3, 0.4) is 0 Å². The zero-order valence-corrected chi connectivity index (χ0v) is 10.1. The molecule has 0 aliphatic rings. The highest BCUT2D eigenvalue weighted by atomic mass is 35.5. The second-order valence-electron chi connectivity index (χ2n) is 3.45. The van der Waals surface area contributed by atoms with Crippen LogP contribution in [0.4, 0.5) is 13.2 Å². The Kier molecular flexibility index (Phi) is 5.20. The normalized spacial score (nSPS) is 12.1. The van der Waals surface area contributed by atoms with Crippen LogP contribution >= 0.6 is 11.6 Å². The van der Waals surface area contributed by atoms with Crippen LogP contribution in [-0.2, 0) is 17.7 Å². The lowest BCUT2D eigenvalue weighted by Crippen LogP contribution is -2.19. The summed E-state index contributed by atoms with van der Waals surface area (Å²) in [6, 6.07) is 0. The fourth-order valence-corrected chi connectivity index (χ4v) is 1.51. The van der Waals surface area contributed by atoms with Gasteiger partial charge in [0.2, 0.25) is 5.28 Å². The monoisotopic (exact) mass is 271 g/mol. The van der Waals surface area contributed by atoms with Crippen molar-refractivity contribution < 1.29 is 17.9 Å². The Morgan fingerprint density at radius 3 is 2.65 bits per heavy atom. The fraction of sp³-hybridized carbons (Fsp3) is 0.778. The molecule has 17 heavy (non-hydrogen) atoms. The molecule has 0 fully saturated rings. The number of nitrogens with zero attached hydrogens (tertiary/aromatic N) is 3. The first-order valence-corrected chi connectivity index (χ1v) is 5.54. The van der Waals surface area contributed by atoms with E-state index in [4.69, 9.17) is 11.6 Å². The van der Waals surface area contributed by atoms with Crippen LogP contribution in [0.25, 0.3) is 0 Å². The van der Waals surface area contributed by atoms with E-state index in [-0.39, 0.29) is 18.4 Å². The summed E-state index contributed by atoms with van der Waals surface area (Å²) in [5, 5.41) is 7.67. The van der Waals surface area contributed by atoms with E-state index in [0.717, 1.165) is 6.42 Å². The van der Waals surface area contributed by atoms with Gasteiger partial charge in [0.1, 0.15) is 12.4 Å². The molecule has 0 aromatic carbocycles. The van der Waals surface area contributed by atoms with Crippen molar-refractivity contribution >= 4 is 11.6 Å². The molecule has 0 aliphatic heterocycles. The largest absolute Gasteiger partial charge is 0.411 e. The smallest absolute Gasteiger partial charge is 0.370 e. The van der Waals surface area contributed by atoms with E-state index in [1.807, 2.05) is 6.92 Å². The maximum absolute atomic E-state index is 11.8. The summed E-state index contributed by atoms with van der Waals surface area (Å²) in [6.07, 6.45) is -2.76. The molecule has 0 spiro atoms. The minimum Gasteiger partial charge on any atom is -0.370 e. The average Bonchev–Trinajstić information content (AvgIpc) is 2.55. The van der Waals surface area contributed by atoms with Crippen LogP contribution in [0.2, 0.25) is 5.28 Å². The predicted octanol–water partition coefficient (Wildman–Crippen LogP) is 2.46. The standard InChI is InChI=1S/C9H13ClF3N3O/c1-2-3-7-14-15-8(10)16(7)4-5-17-6-9(11,12)13/h2-6H2,1H3. The lowest BCUT2D eigenvalue weighted by Gasteiger charge is -2.09. The SMILES string of the molecule is CCCc1nnc(Cl)n1CCOCC(F)(F)F. The number of alkyl halides is 3. The van der Waals surface area contributed by atoms with Crippen molar-refractivity contribution in [2.75, 3.05) is 13.2 Å². The van der Waals surface area contributed by atoms with Crippen LogP contribution in [0.1, 0.15) is 19.2 Å². The molecule has 0 saturated carbocycles. The average molecular weight is 272 g/mol. The molecular weight excluding hydrogens is 259 g/mol. The minimum atomic E-state index is -4.30. The number of hydrogen-bond donors (Lipinski definition) is 0. The lowest BCUT2D eigenvalue weighted by atomic mass is 10.3. The van der Waals surface area contributed by atoms with Gasteiger partial charge >= 0.3 is 6.18 Å². The Morgan fingerprint density at radius 1 is 1.35 bits per heavy atom. The maximum Gasteiger partial charge on any atom is 0.411 e. The van der Waals surface area contributed by atoms with Gasteiger partial charge in [-0.2, -0.15) is 13.2 Å². The van der Waals surface area contributed by atoms with E-state index in [0.29, 0.717) is 12.2 Å². The molecule has 1 rings (SSSR count). The van der Waals surface area contributed by atoms with Crippen molar-refractivity contribution in [2.24, 2.45) is 0 Å². The van der Waals surface area contributed by atoms with Gasteiger partial charge in [-0.25, -0.2) is 0 Å². The van der Waals surface area contributed by atoms with E-state index in [2.05, 4.69) is 14.9 Å². The molecule has 0 saturated heterocycles. The van der Waals surface area contributed by atoms with Crippen LogP contribution in [-0.4, -0.2) is 34.2 Å². The van der Waals surface area contributed by atoms with Gasteiger partial charge in [0.15, 0.2) is 0 Å². The minimum absolute atomic E-state index is 0.0754. The maximum atomic E-state index is 11.8. The molecule has 0 unspecified atom stereocenters. The molecule has 1 aromatic heterocycles. The molecule has 0 amide bonds. The molecule has 0 atom stereocenters. The summed E-state index contributed by atoms with van der Waals surface area (Å²) >= 11 is 5.76. The van der Waals surface area contributed by atoms with E-state index < -0.39 is 12.8 Å². The van der Waals surface area contributed by atoms with Crippen LogP contribution in [0, 0.1) is 0 Å². The van der Waals surface area contributed by atoms with E-state index in [1.54, 1.807) is 4.57 Å². The summed E-state index contributed by atoms with van der Waals surface area (Å²) in [4.78, 5) is 0. The molecule has 0 N–H and O–H groups in total. The zero-order valence-electron chi connectivity index (χ0n) is 9.30. The van der Waals surface area contributed by atoms with E-state index in [9.17, 15) is 13.2 Å². The summed E-state index contributed by atoms with van der Waals surface area (Å²) in [7, 11) is 0. The van der Waals surface area contributed by atoms with Crippen LogP contribution in [0.15, 0.2) is 0 Å². The number of hydrogen-bond acceptors (Lipinski definition) is 3. The molecule has 1 heterocycles. The lowest BCUT2D eigenvalue weighted by molar-refractivity contribution is -0.174. The third-order valence-electron chi connectivity index (χ3n) is 1.98. The first kappa shape index (κ1) is 14.2. The van der Waals surface area contributed by atoms with Crippen molar-refractivity contribution in [2.45, 2.75) is 32.5 Å². The van der Waals surface area contributed by atoms with Gasteiger partial charge in [0, 0.05) is 6.42 Å². The van der Waals surface area contributed by atoms with Crippen molar-refractivity contribution in [1.82, 2.24) is 14.8 Å². The number of aromatic nitrogens is 3. The second-order valence-corrected chi connectivity index (χ2v) is 3.79. The topological polar surface area (TPSA) is 39.9 Å². The zero-order chi connectivity index (χ0) is 12.9. The first-order valence-electron chi connectivity index (χ1n) is 5.16. The number of rotatable bonds is 6. The van der Waals surface area contributed by atoms with Crippen LogP contribution < -0.4 is 0 Å². The van der Waals surface area contributed by atoms with Gasteiger partial charge in [-0.05, 0) is 18.0 Å². The third kappa shape index (κ3) is 4.91. The number of halogens is 4. The summed E-state index contributed by atoms with van der Waals surface area (Å²) in [6.45, 7) is 0.855. The molecule has 0 bridgehead atoms. The van der Waals surface area contributed by atoms with Crippen molar-refractivity contribution in [1.29, 1.82) is 0 Å². The third-order valence-corrected chi connectivity index (χ3v) is 2.26. The van der Waals surface area contributed by atoms with Gasteiger partial charge < -0.3 is 4.74 Å². The van der Waals surface area contributed by atoms with Gasteiger partial charge in [0.25, 0.3) is 0 Å². The quantitative estimate of drug-likeness (QED) is 0.746. The number of aryl methyl sites for hydroxylation is 1. The van der Waals surface area contributed by atoms with Gasteiger partial charge in [-0.3, -0.25) is 4.57 Å². The molecule has 4 nitrogen and oxygen atoms in total. The van der Waals surface area contributed by atoms with Crippen molar-refractivity contribution in [3.8, 4) is 0 Å². The van der Waals surface area contributed by atoms with E-state index >= 15 is 0 Å². The Labute approximate surface area is 102 Å². The van der Waals surface area contributed by atoms with Gasteiger partial charge in [-0.1, -0.05) is 6.92 Å². The molecule has 98 valence electrons. The molecule has 1 aromatic rings.